The fraction of sp³-hybridized carbons (Fsp3) is 0.429. The van der Waals surface area contributed by atoms with Crippen LogP contribution in [0.4, 0.5) is 0 Å². The molecule has 1 unspecified atom stereocenters. The van der Waals surface area contributed by atoms with E-state index in [1.165, 1.54) is 0 Å². The van der Waals surface area contributed by atoms with Crippen LogP contribution < -0.4 is 0 Å². The number of carboxylic acid groups (broad SMARTS) is 1. The topological polar surface area (TPSA) is 64.3 Å². The molecule has 0 spiro atoms. The average molecular weight is 260 g/mol. The van der Waals surface area contributed by atoms with E-state index in [0.29, 0.717) is 12.2 Å². The van der Waals surface area contributed by atoms with E-state index < -0.39 is 5.97 Å². The molecular weight excluding hydrogens is 244 g/mol. The van der Waals surface area contributed by atoms with Crippen LogP contribution in [0.25, 0.3) is 11.0 Å². The standard InChI is InChI=1S/C14H16N2O3/c1-9-15-12-5-4-10(14(17)18)7-13(12)16(9)11-3-2-6-19-8-11/h4-5,7,11H,2-3,6,8H2,1H3,(H,17,18). The number of aryl methyl sites for hydroxylation is 1. The molecule has 0 radical (unpaired) electrons. The molecule has 0 aliphatic carbocycles. The fourth-order valence-electron chi connectivity index (χ4n) is 2.73. The molecule has 1 aliphatic rings. The molecule has 19 heavy (non-hydrogen) atoms. The van der Waals surface area contributed by atoms with Crippen molar-refractivity contribution in [1.29, 1.82) is 0 Å². The molecular formula is C14H16N2O3. The van der Waals surface area contributed by atoms with E-state index in [9.17, 15) is 4.79 Å². The van der Waals surface area contributed by atoms with Crippen LogP contribution in [-0.2, 0) is 4.74 Å². The average Bonchev–Trinajstić information content (AvgIpc) is 2.74. The number of aromatic nitrogens is 2. The molecule has 100 valence electrons. The number of imidazole rings is 1. The number of aromatic carboxylic acids is 1. The normalized spacial score (nSPS) is 19.7. The molecule has 1 fully saturated rings. The number of ether oxygens (including phenoxy) is 1. The van der Waals surface area contributed by atoms with Crippen molar-refractivity contribution in [1.82, 2.24) is 9.55 Å². The number of carbonyl (C=O) groups is 1. The van der Waals surface area contributed by atoms with Gasteiger partial charge < -0.3 is 14.4 Å². The summed E-state index contributed by atoms with van der Waals surface area (Å²) in [6, 6.07) is 5.32. The molecule has 2 heterocycles. The third-order valence-electron chi connectivity index (χ3n) is 3.61. The first-order chi connectivity index (χ1) is 9.16. The van der Waals surface area contributed by atoms with Crippen molar-refractivity contribution in [2.45, 2.75) is 25.8 Å². The Labute approximate surface area is 110 Å². The van der Waals surface area contributed by atoms with Gasteiger partial charge in [0, 0.05) is 6.61 Å². The summed E-state index contributed by atoms with van der Waals surface area (Å²) in [4.78, 5) is 15.6. The zero-order chi connectivity index (χ0) is 13.4. The van der Waals surface area contributed by atoms with Gasteiger partial charge in [0.05, 0.1) is 29.2 Å². The number of fused-ring (bicyclic) bond motifs is 1. The van der Waals surface area contributed by atoms with Crippen molar-refractivity contribution in [2.75, 3.05) is 13.2 Å². The lowest BCUT2D eigenvalue weighted by Gasteiger charge is -2.25. The van der Waals surface area contributed by atoms with Crippen molar-refractivity contribution in [2.24, 2.45) is 0 Å². The molecule has 5 heteroatoms. The lowest BCUT2D eigenvalue weighted by molar-refractivity contribution is 0.0598. The van der Waals surface area contributed by atoms with Crippen LogP contribution in [-0.4, -0.2) is 33.8 Å². The maximum atomic E-state index is 11.1. The van der Waals surface area contributed by atoms with Gasteiger partial charge in [-0.1, -0.05) is 0 Å². The largest absolute Gasteiger partial charge is 0.478 e. The van der Waals surface area contributed by atoms with Gasteiger partial charge in [0.2, 0.25) is 0 Å². The molecule has 3 rings (SSSR count). The van der Waals surface area contributed by atoms with Crippen LogP contribution in [0, 0.1) is 6.92 Å². The number of hydrogen-bond acceptors (Lipinski definition) is 3. The summed E-state index contributed by atoms with van der Waals surface area (Å²) in [5, 5.41) is 9.10. The van der Waals surface area contributed by atoms with Crippen molar-refractivity contribution < 1.29 is 14.6 Å². The highest BCUT2D eigenvalue weighted by Gasteiger charge is 2.20. The summed E-state index contributed by atoms with van der Waals surface area (Å²) in [5.41, 5.74) is 2.02. The number of rotatable bonds is 2. The maximum Gasteiger partial charge on any atom is 0.335 e. The van der Waals surface area contributed by atoms with E-state index in [1.54, 1.807) is 18.2 Å². The van der Waals surface area contributed by atoms with Crippen LogP contribution in [0.5, 0.6) is 0 Å². The van der Waals surface area contributed by atoms with Crippen molar-refractivity contribution >= 4 is 17.0 Å². The SMILES string of the molecule is Cc1nc2ccc(C(=O)O)cc2n1C1CCCOC1. The summed E-state index contributed by atoms with van der Waals surface area (Å²) in [7, 11) is 0. The third kappa shape index (κ3) is 2.10. The van der Waals surface area contributed by atoms with Crippen LogP contribution in [0.15, 0.2) is 18.2 Å². The predicted octanol–water partition coefficient (Wildman–Crippen LogP) is 2.39. The predicted molar refractivity (Wildman–Crippen MR) is 70.5 cm³/mol. The second-order valence-corrected chi connectivity index (χ2v) is 4.91. The Balaban J connectivity index is 2.13. The van der Waals surface area contributed by atoms with E-state index in [0.717, 1.165) is 36.3 Å². The highest BCUT2D eigenvalue weighted by molar-refractivity contribution is 5.92. The van der Waals surface area contributed by atoms with E-state index >= 15 is 0 Å². The quantitative estimate of drug-likeness (QED) is 0.900. The summed E-state index contributed by atoms with van der Waals surface area (Å²) >= 11 is 0. The maximum absolute atomic E-state index is 11.1. The minimum absolute atomic E-state index is 0.253. The first-order valence-corrected chi connectivity index (χ1v) is 6.46. The summed E-state index contributed by atoms with van der Waals surface area (Å²) in [5.74, 6) is 0.000219. The monoisotopic (exact) mass is 260 g/mol. The Morgan fingerprint density at radius 1 is 1.53 bits per heavy atom. The Bertz CT molecular complexity index is 627. The molecule has 5 nitrogen and oxygen atoms in total. The molecule has 1 saturated heterocycles. The van der Waals surface area contributed by atoms with Crippen LogP contribution >= 0.6 is 0 Å². The van der Waals surface area contributed by atoms with Gasteiger partial charge in [0.1, 0.15) is 5.82 Å². The highest BCUT2D eigenvalue weighted by Crippen LogP contribution is 2.27. The Morgan fingerprint density at radius 3 is 3.05 bits per heavy atom. The first kappa shape index (κ1) is 12.2. The van der Waals surface area contributed by atoms with Crippen molar-refractivity contribution in [3.63, 3.8) is 0 Å². The number of nitrogens with zero attached hydrogens (tertiary/aromatic N) is 2. The summed E-state index contributed by atoms with van der Waals surface area (Å²) in [6.45, 7) is 3.43. The van der Waals surface area contributed by atoms with Crippen LogP contribution in [0.3, 0.4) is 0 Å². The van der Waals surface area contributed by atoms with E-state index in [2.05, 4.69) is 9.55 Å². The fourth-order valence-corrected chi connectivity index (χ4v) is 2.73. The number of carboxylic acids is 1. The van der Waals surface area contributed by atoms with Crippen molar-refractivity contribution in [3.8, 4) is 0 Å². The van der Waals surface area contributed by atoms with Gasteiger partial charge in [0.15, 0.2) is 0 Å². The molecule has 0 saturated carbocycles. The third-order valence-corrected chi connectivity index (χ3v) is 3.61. The van der Waals surface area contributed by atoms with Crippen LogP contribution in [0.1, 0.15) is 35.1 Å². The lowest BCUT2D eigenvalue weighted by atomic mass is 10.1. The Kier molecular flexibility index (Phi) is 2.98. The smallest absolute Gasteiger partial charge is 0.335 e. The summed E-state index contributed by atoms with van der Waals surface area (Å²) in [6.07, 6.45) is 2.08. The van der Waals surface area contributed by atoms with Gasteiger partial charge in [-0.2, -0.15) is 0 Å². The molecule has 1 aromatic heterocycles. The van der Waals surface area contributed by atoms with Gasteiger partial charge in [0.25, 0.3) is 0 Å². The number of hydrogen-bond donors (Lipinski definition) is 1. The number of benzene rings is 1. The van der Waals surface area contributed by atoms with Crippen LogP contribution in [0.2, 0.25) is 0 Å². The molecule has 1 N–H and O–H groups in total. The zero-order valence-electron chi connectivity index (χ0n) is 10.8. The molecule has 0 amide bonds. The van der Waals surface area contributed by atoms with Crippen molar-refractivity contribution in [3.05, 3.63) is 29.6 Å². The molecule has 1 aromatic carbocycles. The molecule has 1 atom stereocenters. The van der Waals surface area contributed by atoms with Gasteiger partial charge in [-0.25, -0.2) is 9.78 Å². The minimum Gasteiger partial charge on any atom is -0.478 e. The zero-order valence-corrected chi connectivity index (χ0v) is 10.8. The second kappa shape index (κ2) is 4.66. The summed E-state index contributed by atoms with van der Waals surface area (Å²) < 4.78 is 7.63. The van der Waals surface area contributed by atoms with Gasteiger partial charge in [-0.05, 0) is 38.0 Å². The van der Waals surface area contributed by atoms with E-state index in [4.69, 9.17) is 9.84 Å². The molecule has 0 bridgehead atoms. The van der Waals surface area contributed by atoms with Gasteiger partial charge in [-0.15, -0.1) is 0 Å². The Morgan fingerprint density at radius 2 is 2.37 bits per heavy atom. The van der Waals surface area contributed by atoms with E-state index in [-0.39, 0.29) is 6.04 Å². The van der Waals surface area contributed by atoms with Gasteiger partial charge >= 0.3 is 5.97 Å². The molecule has 1 aliphatic heterocycles. The second-order valence-electron chi connectivity index (χ2n) is 4.91. The lowest BCUT2D eigenvalue weighted by Crippen LogP contribution is -2.22. The highest BCUT2D eigenvalue weighted by atomic mass is 16.5. The molecule has 2 aromatic rings. The van der Waals surface area contributed by atoms with Gasteiger partial charge in [-0.3, -0.25) is 0 Å². The first-order valence-electron chi connectivity index (χ1n) is 6.46. The van der Waals surface area contributed by atoms with E-state index in [1.807, 2.05) is 6.92 Å². The minimum atomic E-state index is -0.910. The Hall–Kier alpha value is -1.88.